The minimum absolute atomic E-state index is 0.0996. The highest BCUT2D eigenvalue weighted by molar-refractivity contribution is 5.97. The topological polar surface area (TPSA) is 92.4 Å². The van der Waals surface area contributed by atoms with E-state index >= 15 is 0 Å². The molecule has 1 atom stereocenters. The second-order valence-electron chi connectivity index (χ2n) is 3.97. The Bertz CT molecular complexity index is 443. The minimum Gasteiger partial charge on any atom is -0.481 e. The lowest BCUT2D eigenvalue weighted by Crippen LogP contribution is -2.31. The van der Waals surface area contributed by atoms with Crippen LogP contribution in [0, 0.1) is 12.8 Å². The molecule has 17 heavy (non-hydrogen) atoms. The second-order valence-corrected chi connectivity index (χ2v) is 3.97. The van der Waals surface area contributed by atoms with E-state index in [0.717, 1.165) is 0 Å². The summed E-state index contributed by atoms with van der Waals surface area (Å²) in [4.78, 5) is 22.4. The second kappa shape index (κ2) is 5.34. The molecule has 0 heterocycles. The fourth-order valence-electron chi connectivity index (χ4n) is 1.33. The molecule has 0 aromatic heterocycles. The number of carbonyl (C=O) groups is 2. The van der Waals surface area contributed by atoms with Crippen molar-refractivity contribution in [2.45, 2.75) is 13.8 Å². The van der Waals surface area contributed by atoms with E-state index in [1.54, 1.807) is 25.1 Å². The lowest BCUT2D eigenvalue weighted by Gasteiger charge is -2.11. The van der Waals surface area contributed by atoms with Crippen molar-refractivity contribution in [2.24, 2.45) is 5.92 Å². The maximum atomic E-state index is 11.8. The van der Waals surface area contributed by atoms with Crippen LogP contribution in [0.4, 0.5) is 5.69 Å². The van der Waals surface area contributed by atoms with Gasteiger partial charge in [0.1, 0.15) is 0 Å². The van der Waals surface area contributed by atoms with Crippen molar-refractivity contribution >= 4 is 17.6 Å². The number of anilines is 1. The average Bonchev–Trinajstić information content (AvgIpc) is 2.29. The van der Waals surface area contributed by atoms with E-state index in [1.807, 2.05) is 0 Å². The van der Waals surface area contributed by atoms with Crippen LogP contribution in [0.1, 0.15) is 22.8 Å². The van der Waals surface area contributed by atoms with Crippen LogP contribution in [0.15, 0.2) is 18.2 Å². The van der Waals surface area contributed by atoms with Gasteiger partial charge in [-0.1, -0.05) is 13.0 Å². The van der Waals surface area contributed by atoms with Crippen molar-refractivity contribution in [3.63, 3.8) is 0 Å². The highest BCUT2D eigenvalue weighted by atomic mass is 16.4. The number of carboxylic acid groups (broad SMARTS) is 1. The van der Waals surface area contributed by atoms with E-state index in [4.69, 9.17) is 10.8 Å². The summed E-state index contributed by atoms with van der Waals surface area (Å²) in [5.41, 5.74) is 7.41. The van der Waals surface area contributed by atoms with Gasteiger partial charge in [0, 0.05) is 17.8 Å². The molecule has 1 rings (SSSR count). The molecule has 0 saturated carbocycles. The first-order valence-electron chi connectivity index (χ1n) is 5.29. The van der Waals surface area contributed by atoms with E-state index in [9.17, 15) is 9.59 Å². The Morgan fingerprint density at radius 3 is 2.71 bits per heavy atom. The van der Waals surface area contributed by atoms with E-state index in [0.29, 0.717) is 16.8 Å². The van der Waals surface area contributed by atoms with Crippen molar-refractivity contribution in [1.82, 2.24) is 5.32 Å². The summed E-state index contributed by atoms with van der Waals surface area (Å²) in [5, 5.41) is 11.3. The smallest absolute Gasteiger partial charge is 0.308 e. The Morgan fingerprint density at radius 2 is 2.12 bits per heavy atom. The molecule has 1 unspecified atom stereocenters. The van der Waals surface area contributed by atoms with Crippen molar-refractivity contribution in [3.8, 4) is 0 Å². The highest BCUT2D eigenvalue weighted by Gasteiger charge is 2.14. The molecule has 0 spiro atoms. The third-order valence-electron chi connectivity index (χ3n) is 2.61. The Labute approximate surface area is 99.6 Å². The number of aliphatic carboxylic acids is 1. The predicted molar refractivity (Wildman–Crippen MR) is 64.7 cm³/mol. The van der Waals surface area contributed by atoms with Crippen molar-refractivity contribution < 1.29 is 14.7 Å². The Balaban J connectivity index is 2.71. The summed E-state index contributed by atoms with van der Waals surface area (Å²) in [6, 6.07) is 5.07. The zero-order chi connectivity index (χ0) is 13.0. The molecular weight excluding hydrogens is 220 g/mol. The molecule has 0 saturated heterocycles. The van der Waals surface area contributed by atoms with Gasteiger partial charge in [0.05, 0.1) is 5.92 Å². The standard InChI is InChI=1S/C12H16N2O3/c1-7(12(16)17)6-14-11(15)9-4-3-5-10(13)8(9)2/h3-5,7H,6,13H2,1-2H3,(H,14,15)(H,16,17). The monoisotopic (exact) mass is 236 g/mol. The third kappa shape index (κ3) is 3.21. The van der Waals surface area contributed by atoms with Gasteiger partial charge in [0.2, 0.25) is 0 Å². The number of nitrogens with one attached hydrogen (secondary N) is 1. The molecule has 0 aliphatic heterocycles. The largest absolute Gasteiger partial charge is 0.481 e. The highest BCUT2D eigenvalue weighted by Crippen LogP contribution is 2.15. The van der Waals surface area contributed by atoms with Crippen LogP contribution in [-0.2, 0) is 4.79 Å². The SMILES string of the molecule is Cc1c(N)cccc1C(=O)NCC(C)C(=O)O. The van der Waals surface area contributed by atoms with Crippen molar-refractivity contribution in [1.29, 1.82) is 0 Å². The first kappa shape index (κ1) is 13.0. The fraction of sp³-hybridized carbons (Fsp3) is 0.333. The summed E-state index contributed by atoms with van der Waals surface area (Å²) >= 11 is 0. The summed E-state index contributed by atoms with van der Waals surface area (Å²) in [7, 11) is 0. The van der Waals surface area contributed by atoms with Crippen LogP contribution in [0.5, 0.6) is 0 Å². The molecule has 5 heteroatoms. The maximum Gasteiger partial charge on any atom is 0.308 e. The number of hydrogen-bond acceptors (Lipinski definition) is 3. The van der Waals surface area contributed by atoms with Gasteiger partial charge in [0.15, 0.2) is 0 Å². The first-order valence-corrected chi connectivity index (χ1v) is 5.29. The lowest BCUT2D eigenvalue weighted by molar-refractivity contribution is -0.140. The molecular formula is C12H16N2O3. The van der Waals surface area contributed by atoms with Gasteiger partial charge in [-0.15, -0.1) is 0 Å². The van der Waals surface area contributed by atoms with Crippen LogP contribution in [0.2, 0.25) is 0 Å². The van der Waals surface area contributed by atoms with E-state index in [-0.39, 0.29) is 12.5 Å². The van der Waals surface area contributed by atoms with E-state index in [2.05, 4.69) is 5.32 Å². The number of benzene rings is 1. The number of carboxylic acids is 1. The molecule has 0 fully saturated rings. The number of nitrogen functional groups attached to an aromatic ring is 1. The van der Waals surface area contributed by atoms with Crippen LogP contribution >= 0.6 is 0 Å². The van der Waals surface area contributed by atoms with Gasteiger partial charge in [0.25, 0.3) is 5.91 Å². The molecule has 4 N–H and O–H groups in total. The Morgan fingerprint density at radius 1 is 1.47 bits per heavy atom. The summed E-state index contributed by atoms with van der Waals surface area (Å²) in [6.45, 7) is 3.39. The van der Waals surface area contributed by atoms with Gasteiger partial charge in [-0.25, -0.2) is 0 Å². The van der Waals surface area contributed by atoms with Crippen molar-refractivity contribution in [2.75, 3.05) is 12.3 Å². The molecule has 0 aliphatic carbocycles. The minimum atomic E-state index is -0.936. The molecule has 0 aliphatic rings. The zero-order valence-electron chi connectivity index (χ0n) is 9.86. The van der Waals surface area contributed by atoms with Crippen LogP contribution in [0.3, 0.4) is 0 Å². The Kier molecular flexibility index (Phi) is 4.09. The Hall–Kier alpha value is -2.04. The van der Waals surface area contributed by atoms with Crippen molar-refractivity contribution in [3.05, 3.63) is 29.3 Å². The summed E-state index contributed by atoms with van der Waals surface area (Å²) in [5.74, 6) is -1.85. The van der Waals surface area contributed by atoms with Gasteiger partial charge in [-0.05, 0) is 24.6 Å². The van der Waals surface area contributed by atoms with Crippen LogP contribution < -0.4 is 11.1 Å². The van der Waals surface area contributed by atoms with Crippen LogP contribution in [-0.4, -0.2) is 23.5 Å². The first-order chi connectivity index (χ1) is 7.93. The molecule has 1 amide bonds. The number of rotatable bonds is 4. The lowest BCUT2D eigenvalue weighted by atomic mass is 10.1. The van der Waals surface area contributed by atoms with Crippen LogP contribution in [0.25, 0.3) is 0 Å². The quantitative estimate of drug-likeness (QED) is 0.681. The van der Waals surface area contributed by atoms with Gasteiger partial charge in [-0.2, -0.15) is 0 Å². The fourth-order valence-corrected chi connectivity index (χ4v) is 1.33. The maximum absolute atomic E-state index is 11.8. The van der Waals surface area contributed by atoms with Gasteiger partial charge < -0.3 is 16.2 Å². The summed E-state index contributed by atoms with van der Waals surface area (Å²) < 4.78 is 0. The molecule has 5 nitrogen and oxygen atoms in total. The molecule has 0 radical (unpaired) electrons. The van der Waals surface area contributed by atoms with Gasteiger partial charge in [-0.3, -0.25) is 9.59 Å². The third-order valence-corrected chi connectivity index (χ3v) is 2.61. The normalized spacial score (nSPS) is 11.9. The molecule has 0 bridgehead atoms. The molecule has 1 aromatic rings. The molecule has 92 valence electrons. The number of nitrogens with two attached hydrogens (primary N) is 1. The number of amides is 1. The number of carbonyl (C=O) groups excluding carboxylic acids is 1. The number of hydrogen-bond donors (Lipinski definition) is 3. The van der Waals surface area contributed by atoms with E-state index in [1.165, 1.54) is 6.92 Å². The average molecular weight is 236 g/mol. The predicted octanol–water partition coefficient (Wildman–Crippen LogP) is 1.03. The summed E-state index contributed by atoms with van der Waals surface area (Å²) in [6.07, 6.45) is 0. The van der Waals surface area contributed by atoms with E-state index < -0.39 is 11.9 Å². The zero-order valence-corrected chi connectivity index (χ0v) is 9.86. The van der Waals surface area contributed by atoms with Gasteiger partial charge >= 0.3 is 5.97 Å². The molecule has 1 aromatic carbocycles.